The molecule has 6 heteroatoms. The van der Waals surface area contributed by atoms with E-state index in [1.807, 2.05) is 13.8 Å². The smallest absolute Gasteiger partial charge is 0.339 e. The maximum atomic E-state index is 12.1. The number of hydrogen-bond acceptors (Lipinski definition) is 4. The monoisotopic (exact) mass is 297 g/mol. The first-order valence-corrected chi connectivity index (χ1v) is 7.64. The summed E-state index contributed by atoms with van der Waals surface area (Å²) in [5.74, 6) is -1.23. The number of rotatable bonds is 4. The minimum absolute atomic E-state index is 0.221. The fourth-order valence-corrected chi connectivity index (χ4v) is 3.60. The number of carbonyl (C=O) groups excluding carboxylic acids is 1. The quantitative estimate of drug-likeness (QED) is 0.896. The second-order valence-corrected chi connectivity index (χ2v) is 6.07. The van der Waals surface area contributed by atoms with Crippen molar-refractivity contribution in [1.29, 1.82) is 0 Å². The fraction of sp³-hybridized carbons (Fsp3) is 0.571. The Morgan fingerprint density at radius 2 is 2.20 bits per heavy atom. The number of carboxylic acids is 1. The van der Waals surface area contributed by atoms with Crippen LogP contribution < -0.4 is 5.32 Å². The van der Waals surface area contributed by atoms with Crippen LogP contribution in [-0.4, -0.2) is 29.7 Å². The Bertz CT molecular complexity index is 517. The van der Waals surface area contributed by atoms with Gasteiger partial charge in [-0.3, -0.25) is 4.79 Å². The largest absolute Gasteiger partial charge is 0.478 e. The highest BCUT2D eigenvalue weighted by Gasteiger charge is 2.26. The van der Waals surface area contributed by atoms with Gasteiger partial charge in [0, 0.05) is 11.5 Å². The third-order valence-corrected chi connectivity index (χ3v) is 4.55. The topological polar surface area (TPSA) is 75.6 Å². The van der Waals surface area contributed by atoms with Crippen molar-refractivity contribution < 1.29 is 19.4 Å². The lowest BCUT2D eigenvalue weighted by Crippen LogP contribution is -2.33. The second-order valence-electron chi connectivity index (χ2n) is 4.84. The number of thiophene rings is 1. The van der Waals surface area contributed by atoms with Crippen LogP contribution in [0.3, 0.4) is 0 Å². The Hall–Kier alpha value is -1.40. The number of amides is 1. The van der Waals surface area contributed by atoms with Crippen molar-refractivity contribution in [3.8, 4) is 0 Å². The minimum Gasteiger partial charge on any atom is -0.478 e. The Kier molecular flexibility index (Phi) is 4.77. The predicted octanol–water partition coefficient (Wildman–Crippen LogP) is 2.82. The summed E-state index contributed by atoms with van der Waals surface area (Å²) in [4.78, 5) is 24.5. The molecule has 1 atom stereocenters. The molecule has 1 saturated heterocycles. The standard InChI is InChI=1S/C14H19NO4S/c1-3-9-8(2)20-13(11(9)14(17)18)15-12(16)10-6-4-5-7-19-10/h10H,3-7H2,1-2H3,(H,15,16)(H,17,18). The molecule has 0 aromatic carbocycles. The van der Waals surface area contributed by atoms with E-state index in [1.165, 1.54) is 11.3 Å². The molecule has 1 aromatic rings. The first-order valence-electron chi connectivity index (χ1n) is 6.82. The summed E-state index contributed by atoms with van der Waals surface area (Å²) in [6, 6.07) is 0. The third-order valence-electron chi connectivity index (χ3n) is 3.49. The average Bonchev–Trinajstić information content (AvgIpc) is 2.75. The molecule has 0 bridgehead atoms. The van der Waals surface area contributed by atoms with Crippen molar-refractivity contribution in [2.75, 3.05) is 11.9 Å². The van der Waals surface area contributed by atoms with E-state index >= 15 is 0 Å². The summed E-state index contributed by atoms with van der Waals surface area (Å²) in [6.45, 7) is 4.38. The molecule has 5 nitrogen and oxygen atoms in total. The van der Waals surface area contributed by atoms with Gasteiger partial charge >= 0.3 is 5.97 Å². The number of aryl methyl sites for hydroxylation is 1. The first kappa shape index (κ1) is 15.0. The molecule has 0 radical (unpaired) electrons. The zero-order chi connectivity index (χ0) is 14.7. The maximum Gasteiger partial charge on any atom is 0.339 e. The summed E-state index contributed by atoms with van der Waals surface area (Å²) in [7, 11) is 0. The fourth-order valence-electron chi connectivity index (χ4n) is 2.46. The van der Waals surface area contributed by atoms with E-state index in [-0.39, 0.29) is 11.5 Å². The molecule has 0 spiro atoms. The predicted molar refractivity (Wildman–Crippen MR) is 77.6 cm³/mol. The molecule has 2 heterocycles. The molecular formula is C14H19NO4S. The van der Waals surface area contributed by atoms with Crippen molar-refractivity contribution in [1.82, 2.24) is 0 Å². The van der Waals surface area contributed by atoms with Gasteiger partial charge in [-0.05, 0) is 38.2 Å². The summed E-state index contributed by atoms with van der Waals surface area (Å²) >= 11 is 1.32. The van der Waals surface area contributed by atoms with Gasteiger partial charge in [0.1, 0.15) is 11.1 Å². The Morgan fingerprint density at radius 1 is 1.45 bits per heavy atom. The lowest BCUT2D eigenvalue weighted by atomic mass is 10.1. The van der Waals surface area contributed by atoms with Gasteiger partial charge in [-0.2, -0.15) is 0 Å². The SMILES string of the molecule is CCc1c(C)sc(NC(=O)C2CCCCO2)c1C(=O)O. The van der Waals surface area contributed by atoms with Gasteiger partial charge in [-0.15, -0.1) is 11.3 Å². The Morgan fingerprint density at radius 3 is 2.75 bits per heavy atom. The molecule has 1 amide bonds. The van der Waals surface area contributed by atoms with Crippen LogP contribution in [0.5, 0.6) is 0 Å². The number of carboxylic acid groups (broad SMARTS) is 1. The highest BCUT2D eigenvalue weighted by molar-refractivity contribution is 7.16. The molecule has 20 heavy (non-hydrogen) atoms. The van der Waals surface area contributed by atoms with Gasteiger partial charge in [0.2, 0.25) is 0 Å². The van der Waals surface area contributed by atoms with Crippen molar-refractivity contribution >= 4 is 28.2 Å². The molecule has 110 valence electrons. The second kappa shape index (κ2) is 6.37. The Labute approximate surface area is 121 Å². The van der Waals surface area contributed by atoms with E-state index in [0.29, 0.717) is 24.4 Å². The van der Waals surface area contributed by atoms with Crippen LogP contribution in [0.4, 0.5) is 5.00 Å². The van der Waals surface area contributed by atoms with E-state index in [4.69, 9.17) is 4.74 Å². The van der Waals surface area contributed by atoms with Crippen molar-refractivity contribution in [3.05, 3.63) is 16.0 Å². The molecule has 1 aliphatic heterocycles. The number of aromatic carboxylic acids is 1. The molecule has 1 unspecified atom stereocenters. The average molecular weight is 297 g/mol. The van der Waals surface area contributed by atoms with Crippen molar-refractivity contribution in [3.63, 3.8) is 0 Å². The third kappa shape index (κ3) is 3.02. The molecular weight excluding hydrogens is 278 g/mol. The molecule has 1 aromatic heterocycles. The lowest BCUT2D eigenvalue weighted by molar-refractivity contribution is -0.129. The number of hydrogen-bond donors (Lipinski definition) is 2. The van der Waals surface area contributed by atoms with Crippen molar-refractivity contribution in [2.45, 2.75) is 45.6 Å². The number of nitrogens with one attached hydrogen (secondary N) is 1. The molecule has 1 fully saturated rings. The van der Waals surface area contributed by atoms with E-state index in [9.17, 15) is 14.7 Å². The molecule has 0 aliphatic carbocycles. The van der Waals surface area contributed by atoms with E-state index in [1.54, 1.807) is 0 Å². The summed E-state index contributed by atoms with van der Waals surface area (Å²) in [6.07, 6.45) is 2.81. The summed E-state index contributed by atoms with van der Waals surface area (Å²) in [5.41, 5.74) is 1.02. The van der Waals surface area contributed by atoms with Crippen molar-refractivity contribution in [2.24, 2.45) is 0 Å². The molecule has 1 aliphatic rings. The van der Waals surface area contributed by atoms with Crippen LogP contribution >= 0.6 is 11.3 Å². The van der Waals surface area contributed by atoms with Crippen LogP contribution in [0.1, 0.15) is 47.0 Å². The Balaban J connectivity index is 2.20. The first-order chi connectivity index (χ1) is 9.54. The van der Waals surface area contributed by atoms with Gasteiger partial charge in [-0.25, -0.2) is 4.79 Å². The van der Waals surface area contributed by atoms with Gasteiger partial charge < -0.3 is 15.2 Å². The number of anilines is 1. The zero-order valence-electron chi connectivity index (χ0n) is 11.7. The van der Waals surface area contributed by atoms with Gasteiger partial charge in [0.15, 0.2) is 0 Å². The summed E-state index contributed by atoms with van der Waals surface area (Å²) < 4.78 is 5.42. The molecule has 2 rings (SSSR count). The van der Waals surface area contributed by atoms with E-state index in [0.717, 1.165) is 23.3 Å². The van der Waals surface area contributed by atoms with Gasteiger partial charge in [0.05, 0.1) is 5.56 Å². The van der Waals surface area contributed by atoms with Crippen LogP contribution in [0.15, 0.2) is 0 Å². The zero-order valence-corrected chi connectivity index (χ0v) is 12.5. The van der Waals surface area contributed by atoms with Crippen LogP contribution in [0.2, 0.25) is 0 Å². The summed E-state index contributed by atoms with van der Waals surface area (Å²) in [5, 5.41) is 12.5. The minimum atomic E-state index is -0.994. The maximum absolute atomic E-state index is 12.1. The highest BCUT2D eigenvalue weighted by Crippen LogP contribution is 2.33. The van der Waals surface area contributed by atoms with Gasteiger partial charge in [-0.1, -0.05) is 6.92 Å². The van der Waals surface area contributed by atoms with Crippen LogP contribution in [-0.2, 0) is 16.0 Å². The number of ether oxygens (including phenoxy) is 1. The van der Waals surface area contributed by atoms with E-state index < -0.39 is 12.1 Å². The van der Waals surface area contributed by atoms with Crippen LogP contribution in [0, 0.1) is 6.92 Å². The lowest BCUT2D eigenvalue weighted by Gasteiger charge is -2.21. The van der Waals surface area contributed by atoms with E-state index in [2.05, 4.69) is 5.32 Å². The van der Waals surface area contributed by atoms with Gasteiger partial charge in [0.25, 0.3) is 5.91 Å². The normalized spacial score (nSPS) is 18.8. The van der Waals surface area contributed by atoms with Crippen LogP contribution in [0.25, 0.3) is 0 Å². The molecule has 2 N–H and O–H groups in total. The molecule has 0 saturated carbocycles. The highest BCUT2D eigenvalue weighted by atomic mass is 32.1. The number of carbonyl (C=O) groups is 2.